The average molecular weight is 1260 g/mol. The number of benzene rings is 15. The van der Waals surface area contributed by atoms with Crippen molar-refractivity contribution < 1.29 is 0 Å². The number of nitrogens with zero attached hydrogens (tertiary/aromatic N) is 6. The molecule has 0 saturated heterocycles. The molecule has 464 valence electrons. The molecule has 0 saturated carbocycles. The van der Waals surface area contributed by atoms with E-state index < -0.39 is 0 Å². The molecule has 15 aromatic carbocycles. The van der Waals surface area contributed by atoms with Crippen LogP contribution in [-0.2, 0) is 0 Å². The third kappa shape index (κ3) is 12.1. The van der Waals surface area contributed by atoms with Crippen LogP contribution in [0.4, 0.5) is 68.2 Å². The molecule has 0 aliphatic rings. The minimum absolute atomic E-state index is 0.762. The van der Waals surface area contributed by atoms with Crippen molar-refractivity contribution in [1.29, 1.82) is 0 Å². The van der Waals surface area contributed by atoms with Gasteiger partial charge in [0.15, 0.2) is 0 Å². The van der Waals surface area contributed by atoms with Crippen molar-refractivity contribution in [2.75, 3.05) is 19.6 Å². The van der Waals surface area contributed by atoms with Crippen LogP contribution in [0.25, 0.3) is 78.1 Å². The Kier molecular flexibility index (Phi) is 16.7. The normalized spacial score (nSPS) is 11.1. The summed E-state index contributed by atoms with van der Waals surface area (Å²) in [6.07, 6.45) is 0. The van der Waals surface area contributed by atoms with Crippen molar-refractivity contribution in [3.05, 3.63) is 400 Å². The molecule has 0 aliphatic heterocycles. The van der Waals surface area contributed by atoms with E-state index >= 15 is 0 Å². The van der Waals surface area contributed by atoms with E-state index in [2.05, 4.69) is 420 Å². The van der Waals surface area contributed by atoms with Gasteiger partial charge in [-0.05, 0) is 179 Å². The maximum atomic E-state index is 6.01. The van der Waals surface area contributed by atoms with Crippen LogP contribution >= 0.6 is 0 Å². The highest BCUT2D eigenvalue weighted by Gasteiger charge is 2.25. The summed E-state index contributed by atoms with van der Waals surface area (Å²) < 4.78 is 0. The fraction of sp³-hybridized carbons (Fsp3) is 0. The molecule has 1 aromatic heterocycles. The summed E-state index contributed by atoms with van der Waals surface area (Å²) in [4.78, 5) is 21.2. The van der Waals surface area contributed by atoms with Crippen LogP contribution in [0.2, 0.25) is 0 Å². The lowest BCUT2D eigenvalue weighted by atomic mass is 9.89. The van der Waals surface area contributed by atoms with Gasteiger partial charge in [0.25, 0.3) is 0 Å². The average Bonchev–Trinajstić information content (AvgIpc) is 0.741. The van der Waals surface area contributed by atoms with Gasteiger partial charge >= 0.3 is 0 Å². The van der Waals surface area contributed by atoms with Gasteiger partial charge in [-0.2, -0.15) is 0 Å². The molecule has 0 fully saturated rings. The maximum absolute atomic E-state index is 6.01. The zero-order valence-electron chi connectivity index (χ0n) is 53.8. The topological polar surface area (TPSA) is 38.7 Å². The molecule has 98 heavy (non-hydrogen) atoms. The van der Waals surface area contributed by atoms with Crippen LogP contribution in [0.3, 0.4) is 0 Å². The summed E-state index contributed by atoms with van der Waals surface area (Å²) in [6, 6.07) is 142. The maximum Gasteiger partial charge on any atom is 0.0979 e. The predicted molar refractivity (Wildman–Crippen MR) is 411 cm³/mol. The summed E-state index contributed by atoms with van der Waals surface area (Å²) in [7, 11) is 0. The molecule has 0 bridgehead atoms. The van der Waals surface area contributed by atoms with Gasteiger partial charge < -0.3 is 19.6 Å². The Balaban J connectivity index is 0.863. The van der Waals surface area contributed by atoms with E-state index in [1.807, 2.05) is 0 Å². The van der Waals surface area contributed by atoms with Crippen molar-refractivity contribution in [3.63, 3.8) is 0 Å². The number of fused-ring (bicyclic) bond motifs is 1. The third-order valence-electron chi connectivity index (χ3n) is 18.0. The van der Waals surface area contributed by atoms with Gasteiger partial charge in [0.05, 0.1) is 22.4 Å². The van der Waals surface area contributed by atoms with E-state index in [1.54, 1.807) is 0 Å². The summed E-state index contributed by atoms with van der Waals surface area (Å²) in [5.74, 6) is 0. The smallest absolute Gasteiger partial charge is 0.0979 e. The number of aromatic nitrogens is 2. The molecule has 6 nitrogen and oxygen atoms in total. The van der Waals surface area contributed by atoms with Crippen LogP contribution in [0, 0.1) is 0 Å². The van der Waals surface area contributed by atoms with Crippen molar-refractivity contribution in [2.24, 2.45) is 0 Å². The van der Waals surface area contributed by atoms with Crippen LogP contribution in [-0.4, -0.2) is 9.97 Å². The molecule has 0 amide bonds. The second kappa shape index (κ2) is 27.4. The van der Waals surface area contributed by atoms with Crippen molar-refractivity contribution in [2.45, 2.75) is 0 Å². The molecule has 16 aromatic rings. The number of hydrogen-bond acceptors (Lipinski definition) is 6. The standard InChI is InChI=1S/C92H66N6/c1-9-29-67(30-10-1)83-45-25-27-47-85(83)87-65-66-88(86-48-28-26-46-84(86)68-31-11-2-12-32-68)92-91(87)93-89(69-49-53-77(54-50-69)97(75-41-21-7-22-42-75)81-61-57-79(58-62-81)95(71-33-13-3-14-34-71)72-35-15-4-16-36-72)90(94-92)70-51-55-78(56-52-70)98(76-43-23-8-24-44-76)82-63-59-80(60-64-82)96(73-37-17-5-18-38-73)74-39-19-6-20-40-74/h1-66H. The minimum atomic E-state index is 0.762. The molecular formula is C92H66N6. The quantitative estimate of drug-likeness (QED) is 0.0852. The lowest BCUT2D eigenvalue weighted by Gasteiger charge is -2.28. The van der Waals surface area contributed by atoms with E-state index in [0.717, 1.165) is 146 Å². The van der Waals surface area contributed by atoms with E-state index in [0.29, 0.717) is 0 Å². The number of para-hydroxylation sites is 6. The molecule has 0 aliphatic carbocycles. The Morgan fingerprint density at radius 2 is 0.316 bits per heavy atom. The number of hydrogen-bond donors (Lipinski definition) is 0. The van der Waals surface area contributed by atoms with E-state index in [4.69, 9.17) is 9.97 Å². The summed E-state index contributed by atoms with van der Waals surface area (Å²) in [5, 5.41) is 0. The molecule has 16 rings (SSSR count). The second-order valence-electron chi connectivity index (χ2n) is 24.1. The third-order valence-corrected chi connectivity index (χ3v) is 18.0. The summed E-state index contributed by atoms with van der Waals surface area (Å²) in [5.41, 5.74) is 26.1. The fourth-order valence-electron chi connectivity index (χ4n) is 13.4. The first-order chi connectivity index (χ1) is 48.6. The van der Waals surface area contributed by atoms with Crippen LogP contribution in [0.5, 0.6) is 0 Å². The van der Waals surface area contributed by atoms with Gasteiger partial charge in [0.2, 0.25) is 0 Å². The van der Waals surface area contributed by atoms with E-state index in [1.165, 1.54) is 0 Å². The highest BCUT2D eigenvalue weighted by molar-refractivity contribution is 6.07. The Hall–Kier alpha value is -13.2. The van der Waals surface area contributed by atoms with Crippen LogP contribution in [0.1, 0.15) is 0 Å². The first-order valence-corrected chi connectivity index (χ1v) is 33.2. The molecule has 0 atom stereocenters. The van der Waals surface area contributed by atoms with Gasteiger partial charge in [-0.25, -0.2) is 9.97 Å². The SMILES string of the molecule is c1ccc(-c2ccccc2-c2ccc(-c3ccccc3-c3ccccc3)c3nc(-c4ccc(N(c5ccccc5)c5ccc(N(c6ccccc6)c6ccccc6)cc5)cc4)c(-c4ccc(N(c5ccccc5)c5ccc(N(c6ccccc6)c6ccccc6)cc5)cc4)nc23)cc1. The molecule has 1 heterocycles. The zero-order chi connectivity index (χ0) is 65.4. The highest BCUT2D eigenvalue weighted by atomic mass is 15.2. The Morgan fingerprint density at radius 1 is 0.133 bits per heavy atom. The van der Waals surface area contributed by atoms with Crippen LogP contribution in [0.15, 0.2) is 400 Å². The van der Waals surface area contributed by atoms with E-state index in [9.17, 15) is 0 Å². The Morgan fingerprint density at radius 3 is 0.551 bits per heavy atom. The molecule has 6 heteroatoms. The van der Waals surface area contributed by atoms with Crippen molar-refractivity contribution >= 4 is 79.3 Å². The summed E-state index contributed by atoms with van der Waals surface area (Å²) in [6.45, 7) is 0. The second-order valence-corrected chi connectivity index (χ2v) is 24.1. The Labute approximate surface area is 572 Å². The monoisotopic (exact) mass is 1250 g/mol. The van der Waals surface area contributed by atoms with Gasteiger partial charge in [-0.1, -0.05) is 255 Å². The Bertz CT molecular complexity index is 4900. The van der Waals surface area contributed by atoms with Gasteiger partial charge in [-0.15, -0.1) is 0 Å². The first kappa shape index (κ1) is 59.8. The first-order valence-electron chi connectivity index (χ1n) is 33.2. The van der Waals surface area contributed by atoms with Crippen LogP contribution < -0.4 is 19.6 Å². The molecule has 0 N–H and O–H groups in total. The molecular weight excluding hydrogens is 1190 g/mol. The van der Waals surface area contributed by atoms with E-state index in [-0.39, 0.29) is 0 Å². The lowest BCUT2D eigenvalue weighted by molar-refractivity contribution is 1.25. The zero-order valence-corrected chi connectivity index (χ0v) is 53.8. The highest BCUT2D eigenvalue weighted by Crippen LogP contribution is 2.47. The molecule has 0 unspecified atom stereocenters. The molecule has 0 spiro atoms. The van der Waals surface area contributed by atoms with Gasteiger partial charge in [0, 0.05) is 90.5 Å². The number of anilines is 12. The predicted octanol–water partition coefficient (Wildman–Crippen LogP) is 25.5. The van der Waals surface area contributed by atoms with Crippen molar-refractivity contribution in [3.8, 4) is 67.0 Å². The van der Waals surface area contributed by atoms with Gasteiger partial charge in [0.1, 0.15) is 0 Å². The lowest BCUT2D eigenvalue weighted by Crippen LogP contribution is -2.12. The molecule has 0 radical (unpaired) electrons. The van der Waals surface area contributed by atoms with Gasteiger partial charge in [-0.3, -0.25) is 0 Å². The van der Waals surface area contributed by atoms with Crippen molar-refractivity contribution in [1.82, 2.24) is 9.97 Å². The summed E-state index contributed by atoms with van der Waals surface area (Å²) >= 11 is 0. The largest absolute Gasteiger partial charge is 0.311 e. The minimum Gasteiger partial charge on any atom is -0.311 e. The number of rotatable bonds is 18. The fourth-order valence-corrected chi connectivity index (χ4v) is 13.4.